The fraction of sp³-hybridized carbons (Fsp3) is 0.333. The number of sulfonamides is 2. The van der Waals surface area contributed by atoms with Gasteiger partial charge in [0.05, 0.1) is 24.5 Å². The van der Waals surface area contributed by atoms with Crippen molar-refractivity contribution in [2.24, 2.45) is 0 Å². The molecule has 0 fully saturated rings. The zero-order chi connectivity index (χ0) is 23.3. The van der Waals surface area contributed by atoms with Gasteiger partial charge in [0.15, 0.2) is 5.75 Å². The van der Waals surface area contributed by atoms with E-state index >= 15 is 0 Å². The van der Waals surface area contributed by atoms with Gasteiger partial charge < -0.3 is 4.18 Å². The lowest BCUT2D eigenvalue weighted by Crippen LogP contribution is -2.35. The summed E-state index contributed by atoms with van der Waals surface area (Å²) in [6.07, 6.45) is 1.92. The highest BCUT2D eigenvalue weighted by atomic mass is 32.3. The predicted molar refractivity (Wildman–Crippen MR) is 111 cm³/mol. The van der Waals surface area contributed by atoms with Gasteiger partial charge in [-0.1, -0.05) is 19.1 Å². The molecule has 2 rings (SSSR count). The van der Waals surface area contributed by atoms with Crippen LogP contribution in [0.3, 0.4) is 0 Å². The monoisotopic (exact) mass is 501 g/mol. The van der Waals surface area contributed by atoms with E-state index in [0.29, 0.717) is 18.8 Å². The van der Waals surface area contributed by atoms with Crippen molar-refractivity contribution < 1.29 is 42.4 Å². The molecule has 0 bridgehead atoms. The smallest absolute Gasteiger partial charge is 0.306 e. The van der Waals surface area contributed by atoms with Crippen LogP contribution in [0.15, 0.2) is 29.2 Å². The molecule has 0 aliphatic heterocycles. The third kappa shape index (κ3) is 5.03. The van der Waals surface area contributed by atoms with E-state index in [1.54, 1.807) is 0 Å². The van der Waals surface area contributed by atoms with Crippen molar-refractivity contribution in [1.82, 2.24) is 0 Å². The first-order chi connectivity index (χ1) is 13.4. The van der Waals surface area contributed by atoms with E-state index in [1.807, 2.05) is 0 Å². The second kappa shape index (κ2) is 7.64. The van der Waals surface area contributed by atoms with Gasteiger partial charge in [-0.05, 0) is 24.1 Å². The molecule has 0 saturated heterocycles. The fourth-order valence-corrected chi connectivity index (χ4v) is 7.40. The average Bonchev–Trinajstić information content (AvgIpc) is 2.49. The number of fused-ring (bicyclic) bond motifs is 1. The number of rotatable bonds is 7. The molecule has 2 aromatic carbocycles. The summed E-state index contributed by atoms with van der Waals surface area (Å²) in [7, 11) is -18.0. The molecule has 30 heavy (non-hydrogen) atoms. The zero-order valence-corrected chi connectivity index (χ0v) is 19.5. The number of hydrogen-bond donors (Lipinski definition) is 1. The first kappa shape index (κ1) is 24.3. The number of aryl methyl sites for hydroxylation is 1. The maximum atomic E-state index is 12.2. The third-order valence-corrected chi connectivity index (χ3v) is 8.47. The lowest BCUT2D eigenvalue weighted by atomic mass is 10.0. The Morgan fingerprint density at radius 3 is 1.83 bits per heavy atom. The van der Waals surface area contributed by atoms with Gasteiger partial charge in [0.2, 0.25) is 20.0 Å². The first-order valence-electron chi connectivity index (χ1n) is 8.04. The second-order valence-corrected chi connectivity index (χ2v) is 13.2. The molecule has 168 valence electrons. The summed E-state index contributed by atoms with van der Waals surface area (Å²) in [5, 5.41) is -0.351. The molecular formula is C15H19NO10S4. The minimum atomic E-state index is -4.97. The summed E-state index contributed by atoms with van der Waals surface area (Å²) in [4.78, 5) is -0.815. The van der Waals surface area contributed by atoms with E-state index in [1.165, 1.54) is 19.1 Å². The number of benzene rings is 2. The van der Waals surface area contributed by atoms with Crippen molar-refractivity contribution >= 4 is 56.7 Å². The van der Waals surface area contributed by atoms with Crippen molar-refractivity contribution in [3.63, 3.8) is 0 Å². The number of anilines is 1. The van der Waals surface area contributed by atoms with Crippen molar-refractivity contribution in [1.29, 1.82) is 0 Å². The Bertz CT molecular complexity index is 1410. The van der Waals surface area contributed by atoms with E-state index in [0.717, 1.165) is 12.1 Å². The Balaban J connectivity index is 3.20. The van der Waals surface area contributed by atoms with Crippen LogP contribution in [0.25, 0.3) is 10.8 Å². The van der Waals surface area contributed by atoms with E-state index in [4.69, 9.17) is 4.18 Å². The first-order valence-corrected chi connectivity index (χ1v) is 15.0. The summed E-state index contributed by atoms with van der Waals surface area (Å²) in [6, 6.07) is 4.71. The maximum Gasteiger partial charge on any atom is 0.306 e. The Morgan fingerprint density at radius 2 is 1.43 bits per heavy atom. The van der Waals surface area contributed by atoms with Gasteiger partial charge in [0, 0.05) is 10.8 Å². The molecule has 0 aromatic heterocycles. The highest BCUT2D eigenvalue weighted by molar-refractivity contribution is 8.09. The molecule has 0 spiro atoms. The third-order valence-electron chi connectivity index (χ3n) is 3.82. The molecule has 0 unspecified atom stereocenters. The molecule has 0 heterocycles. The summed E-state index contributed by atoms with van der Waals surface area (Å²) < 4.78 is 111. The van der Waals surface area contributed by atoms with Crippen LogP contribution in [0.4, 0.5) is 5.69 Å². The van der Waals surface area contributed by atoms with Gasteiger partial charge in [-0.15, -0.1) is 0 Å². The number of hydrogen-bond acceptors (Lipinski definition) is 9. The summed E-state index contributed by atoms with van der Waals surface area (Å²) in [5.41, 5.74) is -0.481. The van der Waals surface area contributed by atoms with Crippen LogP contribution in [-0.4, -0.2) is 57.0 Å². The SMILES string of the molecule is CCc1cc2c(N(S(C)(=O)=O)S(C)(=O)=O)cccc2c(OS(C)(=O)=O)c1S(=O)(=O)O. The zero-order valence-electron chi connectivity index (χ0n) is 16.2. The molecule has 11 nitrogen and oxygen atoms in total. The molecule has 0 saturated carbocycles. The average molecular weight is 502 g/mol. The van der Waals surface area contributed by atoms with Crippen LogP contribution in [0.2, 0.25) is 0 Å². The minimum Gasteiger partial charge on any atom is -0.380 e. The van der Waals surface area contributed by atoms with E-state index in [2.05, 4.69) is 0 Å². The highest BCUT2D eigenvalue weighted by Gasteiger charge is 2.32. The molecule has 0 aliphatic carbocycles. The molecular weight excluding hydrogens is 482 g/mol. The van der Waals surface area contributed by atoms with Crippen LogP contribution in [0, 0.1) is 0 Å². The standard InChI is InChI=1S/C15H19NO10S4/c1-5-10-9-12-11(14(26-29(4,21)22)15(10)30(23,24)25)7-6-8-13(12)16(27(2,17)18)28(3,19)20/h6-9H,5H2,1-4H3,(H,23,24,25). The molecule has 0 radical (unpaired) electrons. The van der Waals surface area contributed by atoms with Crippen molar-refractivity contribution in [2.45, 2.75) is 18.2 Å². The van der Waals surface area contributed by atoms with E-state index in [-0.39, 0.29) is 32.2 Å². The van der Waals surface area contributed by atoms with Gasteiger partial charge in [-0.25, -0.2) is 16.8 Å². The van der Waals surface area contributed by atoms with Gasteiger partial charge in [0.25, 0.3) is 10.1 Å². The quantitative estimate of drug-likeness (QED) is 0.421. The van der Waals surface area contributed by atoms with Crippen molar-refractivity contribution in [3.8, 4) is 5.75 Å². The van der Waals surface area contributed by atoms with Crippen molar-refractivity contribution in [3.05, 3.63) is 29.8 Å². The maximum absolute atomic E-state index is 12.2. The largest absolute Gasteiger partial charge is 0.380 e. The summed E-state index contributed by atoms with van der Waals surface area (Å²) >= 11 is 0. The lowest BCUT2D eigenvalue weighted by molar-refractivity contribution is 0.466. The van der Waals surface area contributed by atoms with Crippen LogP contribution < -0.4 is 7.89 Å². The predicted octanol–water partition coefficient (Wildman–Crippen LogP) is 0.713. The van der Waals surface area contributed by atoms with E-state index < -0.39 is 50.9 Å². The molecule has 15 heteroatoms. The highest BCUT2D eigenvalue weighted by Crippen LogP contribution is 2.41. The molecule has 2 aromatic rings. The summed E-state index contributed by atoms with van der Waals surface area (Å²) in [6.45, 7) is 1.49. The molecule has 0 atom stereocenters. The number of nitrogens with zero attached hydrogens (tertiary/aromatic N) is 1. The topological polar surface area (TPSA) is 169 Å². The van der Waals surface area contributed by atoms with Crippen LogP contribution in [0.5, 0.6) is 5.75 Å². The Hall–Kier alpha value is -1.94. The fourth-order valence-electron chi connectivity index (χ4n) is 2.95. The molecule has 1 N–H and O–H groups in total. The Morgan fingerprint density at radius 1 is 0.900 bits per heavy atom. The summed E-state index contributed by atoms with van der Waals surface area (Å²) in [5.74, 6) is -0.766. The van der Waals surface area contributed by atoms with Crippen LogP contribution >= 0.6 is 0 Å². The van der Waals surface area contributed by atoms with E-state index in [9.17, 15) is 38.2 Å². The van der Waals surface area contributed by atoms with Crippen LogP contribution in [-0.2, 0) is 46.7 Å². The van der Waals surface area contributed by atoms with Crippen molar-refractivity contribution in [2.75, 3.05) is 22.5 Å². The van der Waals surface area contributed by atoms with Gasteiger partial charge in [-0.3, -0.25) is 4.55 Å². The van der Waals surface area contributed by atoms with Gasteiger partial charge in [-0.2, -0.15) is 20.5 Å². The Kier molecular flexibility index (Phi) is 6.19. The molecule has 0 aliphatic rings. The van der Waals surface area contributed by atoms with Gasteiger partial charge in [0.1, 0.15) is 4.90 Å². The molecule has 0 amide bonds. The minimum absolute atomic E-state index is 0.0444. The second-order valence-electron chi connectivity index (χ2n) is 6.41. The normalized spacial score (nSPS) is 13.4. The Labute approximate surface area is 175 Å². The van der Waals surface area contributed by atoms with Gasteiger partial charge >= 0.3 is 10.1 Å². The van der Waals surface area contributed by atoms with Crippen LogP contribution in [0.1, 0.15) is 12.5 Å². The lowest BCUT2D eigenvalue weighted by Gasteiger charge is -2.23.